The standard InChI is InChI=1S/C14H23NO2S/c1-11(2)17-9-14(16)8-15(13-3-4-13)7-12-5-6-18-10-12/h5-6,10-11,13-14,16H,3-4,7-9H2,1-2H3/t14-/m0/s1. The first-order valence-corrected chi connectivity index (χ1v) is 7.64. The lowest BCUT2D eigenvalue weighted by Crippen LogP contribution is -2.36. The Morgan fingerprint density at radius 2 is 2.28 bits per heavy atom. The number of aliphatic hydroxyl groups excluding tert-OH is 1. The summed E-state index contributed by atoms with van der Waals surface area (Å²) in [4.78, 5) is 2.39. The maximum Gasteiger partial charge on any atom is 0.0900 e. The maximum absolute atomic E-state index is 10.0. The zero-order chi connectivity index (χ0) is 13.0. The molecule has 0 amide bonds. The summed E-state index contributed by atoms with van der Waals surface area (Å²) in [6.07, 6.45) is 2.33. The number of thiophene rings is 1. The van der Waals surface area contributed by atoms with Gasteiger partial charge in [0.25, 0.3) is 0 Å². The highest BCUT2D eigenvalue weighted by atomic mass is 32.1. The van der Waals surface area contributed by atoms with E-state index in [9.17, 15) is 5.11 Å². The molecular weight excluding hydrogens is 246 g/mol. The van der Waals surface area contributed by atoms with E-state index in [1.807, 2.05) is 13.8 Å². The molecule has 4 heteroatoms. The predicted molar refractivity (Wildman–Crippen MR) is 74.8 cm³/mol. The van der Waals surface area contributed by atoms with Crippen LogP contribution in [0.5, 0.6) is 0 Å². The molecule has 0 bridgehead atoms. The molecule has 1 aromatic heterocycles. The van der Waals surface area contributed by atoms with E-state index >= 15 is 0 Å². The molecule has 18 heavy (non-hydrogen) atoms. The average molecular weight is 269 g/mol. The van der Waals surface area contributed by atoms with Crippen molar-refractivity contribution >= 4 is 11.3 Å². The highest BCUT2D eigenvalue weighted by Crippen LogP contribution is 2.28. The molecule has 0 radical (unpaired) electrons. The fourth-order valence-corrected chi connectivity index (χ4v) is 2.69. The van der Waals surface area contributed by atoms with Crippen molar-refractivity contribution in [1.82, 2.24) is 4.90 Å². The molecule has 0 aromatic carbocycles. The van der Waals surface area contributed by atoms with E-state index in [-0.39, 0.29) is 12.2 Å². The van der Waals surface area contributed by atoms with Crippen molar-refractivity contribution in [1.29, 1.82) is 0 Å². The third kappa shape index (κ3) is 4.69. The van der Waals surface area contributed by atoms with E-state index in [0.717, 1.165) is 6.54 Å². The second kappa shape index (κ2) is 6.66. The van der Waals surface area contributed by atoms with Gasteiger partial charge in [-0.25, -0.2) is 0 Å². The van der Waals surface area contributed by atoms with Gasteiger partial charge in [-0.05, 0) is 49.1 Å². The van der Waals surface area contributed by atoms with Gasteiger partial charge in [0.1, 0.15) is 0 Å². The minimum Gasteiger partial charge on any atom is -0.389 e. The second-order valence-electron chi connectivity index (χ2n) is 5.33. The van der Waals surface area contributed by atoms with Crippen molar-refractivity contribution in [3.05, 3.63) is 22.4 Å². The fraction of sp³-hybridized carbons (Fsp3) is 0.714. The van der Waals surface area contributed by atoms with Crippen molar-refractivity contribution in [2.45, 2.75) is 51.5 Å². The SMILES string of the molecule is CC(C)OC[C@@H](O)CN(Cc1ccsc1)C1CC1. The van der Waals surface area contributed by atoms with Crippen LogP contribution in [0.3, 0.4) is 0 Å². The van der Waals surface area contributed by atoms with E-state index in [1.165, 1.54) is 18.4 Å². The third-order valence-electron chi connectivity index (χ3n) is 3.10. The number of aliphatic hydroxyl groups is 1. The Morgan fingerprint density at radius 3 is 2.83 bits per heavy atom. The van der Waals surface area contributed by atoms with Crippen molar-refractivity contribution in [3.63, 3.8) is 0 Å². The second-order valence-corrected chi connectivity index (χ2v) is 6.11. The molecule has 1 fully saturated rings. The topological polar surface area (TPSA) is 32.7 Å². The summed E-state index contributed by atoms with van der Waals surface area (Å²) in [6, 6.07) is 2.83. The lowest BCUT2D eigenvalue weighted by molar-refractivity contribution is -0.0106. The Bertz CT molecular complexity index is 336. The molecule has 1 atom stereocenters. The van der Waals surface area contributed by atoms with Crippen LogP contribution in [0.1, 0.15) is 32.3 Å². The van der Waals surface area contributed by atoms with Crippen LogP contribution in [0.2, 0.25) is 0 Å². The Hall–Kier alpha value is -0.420. The van der Waals surface area contributed by atoms with Crippen LogP contribution in [0.15, 0.2) is 16.8 Å². The molecule has 1 heterocycles. The van der Waals surface area contributed by atoms with Gasteiger partial charge in [-0.1, -0.05) is 0 Å². The van der Waals surface area contributed by atoms with E-state index in [0.29, 0.717) is 19.2 Å². The molecular formula is C14H23NO2S. The predicted octanol–water partition coefficient (Wildman–Crippen LogP) is 2.50. The number of nitrogens with zero attached hydrogens (tertiary/aromatic N) is 1. The van der Waals surface area contributed by atoms with Crippen LogP contribution in [0.25, 0.3) is 0 Å². The molecule has 102 valence electrons. The first kappa shape index (κ1) is 14.0. The number of hydrogen-bond acceptors (Lipinski definition) is 4. The molecule has 0 saturated heterocycles. The van der Waals surface area contributed by atoms with Crippen LogP contribution in [-0.2, 0) is 11.3 Å². The summed E-state index contributed by atoms with van der Waals surface area (Å²) in [5.41, 5.74) is 1.35. The van der Waals surface area contributed by atoms with Crippen LogP contribution >= 0.6 is 11.3 Å². The zero-order valence-corrected chi connectivity index (χ0v) is 12.0. The van der Waals surface area contributed by atoms with Crippen molar-refractivity contribution < 1.29 is 9.84 Å². The molecule has 0 spiro atoms. The fourth-order valence-electron chi connectivity index (χ4n) is 2.03. The van der Waals surface area contributed by atoms with Gasteiger partial charge in [-0.3, -0.25) is 4.90 Å². The molecule has 0 aliphatic heterocycles. The number of ether oxygens (including phenoxy) is 1. The van der Waals surface area contributed by atoms with Crippen LogP contribution in [-0.4, -0.2) is 41.4 Å². The Morgan fingerprint density at radius 1 is 1.50 bits per heavy atom. The van der Waals surface area contributed by atoms with Gasteiger partial charge in [-0.15, -0.1) is 0 Å². The Balaban J connectivity index is 1.79. The molecule has 1 aliphatic carbocycles. The van der Waals surface area contributed by atoms with Crippen LogP contribution in [0.4, 0.5) is 0 Å². The quantitative estimate of drug-likeness (QED) is 0.787. The van der Waals surface area contributed by atoms with E-state index < -0.39 is 0 Å². The average Bonchev–Trinajstić information content (AvgIpc) is 3.05. The van der Waals surface area contributed by atoms with Gasteiger partial charge >= 0.3 is 0 Å². The van der Waals surface area contributed by atoms with Gasteiger partial charge in [0.15, 0.2) is 0 Å². The minimum atomic E-state index is -0.383. The Labute approximate surface area is 113 Å². The Kier molecular flexibility index (Phi) is 5.18. The summed E-state index contributed by atoms with van der Waals surface area (Å²) in [7, 11) is 0. The number of rotatable bonds is 8. The first-order valence-electron chi connectivity index (χ1n) is 6.70. The van der Waals surface area contributed by atoms with E-state index in [2.05, 4.69) is 21.7 Å². The first-order chi connectivity index (χ1) is 8.65. The summed E-state index contributed by atoms with van der Waals surface area (Å²) in [5.74, 6) is 0. The molecule has 1 N–H and O–H groups in total. The summed E-state index contributed by atoms with van der Waals surface area (Å²) in [5, 5.41) is 14.3. The summed E-state index contributed by atoms with van der Waals surface area (Å²) >= 11 is 1.73. The molecule has 2 rings (SSSR count). The molecule has 1 aliphatic rings. The highest BCUT2D eigenvalue weighted by molar-refractivity contribution is 7.07. The highest BCUT2D eigenvalue weighted by Gasteiger charge is 2.30. The largest absolute Gasteiger partial charge is 0.389 e. The minimum absolute atomic E-state index is 0.186. The lowest BCUT2D eigenvalue weighted by atomic mass is 10.2. The smallest absolute Gasteiger partial charge is 0.0900 e. The monoisotopic (exact) mass is 269 g/mol. The maximum atomic E-state index is 10.0. The van der Waals surface area contributed by atoms with E-state index in [4.69, 9.17) is 4.74 Å². The van der Waals surface area contributed by atoms with Crippen molar-refractivity contribution in [2.75, 3.05) is 13.2 Å². The summed E-state index contributed by atoms with van der Waals surface area (Å²) < 4.78 is 5.47. The molecule has 1 saturated carbocycles. The van der Waals surface area contributed by atoms with Gasteiger partial charge < -0.3 is 9.84 Å². The van der Waals surface area contributed by atoms with Crippen molar-refractivity contribution in [3.8, 4) is 0 Å². The molecule has 0 unspecified atom stereocenters. The molecule has 1 aromatic rings. The number of hydrogen-bond donors (Lipinski definition) is 1. The van der Waals surface area contributed by atoms with Crippen LogP contribution < -0.4 is 0 Å². The van der Waals surface area contributed by atoms with Gasteiger partial charge in [-0.2, -0.15) is 11.3 Å². The zero-order valence-electron chi connectivity index (χ0n) is 11.2. The third-order valence-corrected chi connectivity index (χ3v) is 3.83. The lowest BCUT2D eigenvalue weighted by Gasteiger charge is -2.25. The van der Waals surface area contributed by atoms with E-state index in [1.54, 1.807) is 11.3 Å². The van der Waals surface area contributed by atoms with Gasteiger partial charge in [0, 0.05) is 19.1 Å². The van der Waals surface area contributed by atoms with Gasteiger partial charge in [0.05, 0.1) is 18.8 Å². The van der Waals surface area contributed by atoms with Crippen molar-refractivity contribution in [2.24, 2.45) is 0 Å². The normalized spacial score (nSPS) is 17.6. The molecule has 3 nitrogen and oxygen atoms in total. The van der Waals surface area contributed by atoms with Gasteiger partial charge in [0.2, 0.25) is 0 Å². The summed E-state index contributed by atoms with van der Waals surface area (Å²) in [6.45, 7) is 6.10. The van der Waals surface area contributed by atoms with Crippen LogP contribution in [0, 0.1) is 0 Å².